The highest BCUT2D eigenvalue weighted by molar-refractivity contribution is 7.99. The third kappa shape index (κ3) is 4.73. The summed E-state index contributed by atoms with van der Waals surface area (Å²) in [6.45, 7) is 10.1. The van der Waals surface area contributed by atoms with Crippen molar-refractivity contribution in [2.75, 3.05) is 16.9 Å². The second-order valence-electron chi connectivity index (χ2n) is 7.41. The Morgan fingerprint density at radius 1 is 1.43 bits per heavy atom. The van der Waals surface area contributed by atoms with Gasteiger partial charge in [0.1, 0.15) is 6.04 Å². The fraction of sp³-hybridized carbons (Fsp3) is 0.688. The van der Waals surface area contributed by atoms with Crippen LogP contribution in [0.5, 0.6) is 0 Å². The molecular formula is C16H26N4O2S. The summed E-state index contributed by atoms with van der Waals surface area (Å²) in [5, 5.41) is 7.09. The van der Waals surface area contributed by atoms with Crippen molar-refractivity contribution in [3.8, 4) is 0 Å². The molecule has 1 aromatic heterocycles. The van der Waals surface area contributed by atoms with Gasteiger partial charge in [-0.3, -0.25) is 14.3 Å². The SMILES string of the molecule is CC(C)n1cc(NC(=O)[C@H]2CSCN2C(=O)CC(C)(C)C)cn1. The van der Waals surface area contributed by atoms with Crippen LogP contribution in [0.2, 0.25) is 0 Å². The maximum Gasteiger partial charge on any atom is 0.248 e. The number of nitrogens with one attached hydrogen (secondary N) is 1. The molecule has 0 radical (unpaired) electrons. The van der Waals surface area contributed by atoms with Crippen molar-refractivity contribution < 1.29 is 9.59 Å². The summed E-state index contributed by atoms with van der Waals surface area (Å²) in [7, 11) is 0. The molecule has 0 aromatic carbocycles. The van der Waals surface area contributed by atoms with Crippen LogP contribution in [-0.2, 0) is 9.59 Å². The first-order valence-electron chi connectivity index (χ1n) is 7.89. The Morgan fingerprint density at radius 2 is 2.13 bits per heavy atom. The fourth-order valence-corrected chi connectivity index (χ4v) is 3.55. The fourth-order valence-electron chi connectivity index (χ4n) is 2.37. The van der Waals surface area contributed by atoms with Crippen molar-refractivity contribution in [2.45, 2.75) is 53.1 Å². The lowest BCUT2D eigenvalue weighted by Gasteiger charge is -2.26. The highest BCUT2D eigenvalue weighted by Crippen LogP contribution is 2.27. The van der Waals surface area contributed by atoms with Gasteiger partial charge in [0.15, 0.2) is 0 Å². The molecular weight excluding hydrogens is 312 g/mol. The summed E-state index contributed by atoms with van der Waals surface area (Å²) < 4.78 is 1.79. The quantitative estimate of drug-likeness (QED) is 0.916. The van der Waals surface area contributed by atoms with Gasteiger partial charge >= 0.3 is 0 Å². The maximum atomic E-state index is 12.5. The van der Waals surface area contributed by atoms with Gasteiger partial charge in [-0.15, -0.1) is 11.8 Å². The van der Waals surface area contributed by atoms with E-state index in [1.54, 1.807) is 27.5 Å². The Bertz CT molecular complexity index is 577. The molecule has 6 nitrogen and oxygen atoms in total. The number of nitrogens with zero attached hydrogens (tertiary/aromatic N) is 3. The minimum Gasteiger partial charge on any atom is -0.322 e. The third-order valence-corrected chi connectivity index (χ3v) is 4.60. The largest absolute Gasteiger partial charge is 0.322 e. The molecule has 1 atom stereocenters. The van der Waals surface area contributed by atoms with E-state index in [4.69, 9.17) is 0 Å². The van der Waals surface area contributed by atoms with Crippen molar-refractivity contribution in [2.24, 2.45) is 5.41 Å². The number of rotatable bonds is 4. The Morgan fingerprint density at radius 3 is 2.70 bits per heavy atom. The van der Waals surface area contributed by atoms with Gasteiger partial charge in [-0.25, -0.2) is 0 Å². The molecule has 0 aliphatic carbocycles. The summed E-state index contributed by atoms with van der Waals surface area (Å²) in [5.41, 5.74) is 0.591. The van der Waals surface area contributed by atoms with E-state index in [2.05, 4.69) is 10.4 Å². The highest BCUT2D eigenvalue weighted by Gasteiger charge is 2.35. The average molecular weight is 338 g/mol. The van der Waals surface area contributed by atoms with Gasteiger partial charge in [0, 0.05) is 24.4 Å². The molecule has 0 unspecified atom stereocenters. The van der Waals surface area contributed by atoms with E-state index in [1.165, 1.54) is 0 Å². The van der Waals surface area contributed by atoms with Crippen molar-refractivity contribution >= 4 is 29.3 Å². The first-order valence-corrected chi connectivity index (χ1v) is 9.05. The predicted octanol–water partition coefficient (Wildman–Crippen LogP) is 2.74. The van der Waals surface area contributed by atoms with Gasteiger partial charge in [-0.2, -0.15) is 5.10 Å². The Balaban J connectivity index is 2.01. The summed E-state index contributed by atoms with van der Waals surface area (Å²) in [6, 6.07) is -0.162. The molecule has 7 heteroatoms. The molecule has 128 valence electrons. The zero-order valence-electron chi connectivity index (χ0n) is 14.5. The number of amides is 2. The normalized spacial score (nSPS) is 18.5. The maximum absolute atomic E-state index is 12.5. The van der Waals surface area contributed by atoms with Crippen LogP contribution in [0, 0.1) is 5.41 Å². The minimum absolute atomic E-state index is 0.0422. The van der Waals surface area contributed by atoms with Crippen LogP contribution in [0.4, 0.5) is 5.69 Å². The lowest BCUT2D eigenvalue weighted by molar-refractivity contribution is -0.137. The highest BCUT2D eigenvalue weighted by atomic mass is 32.2. The van der Waals surface area contributed by atoms with E-state index < -0.39 is 6.04 Å². The Hall–Kier alpha value is -1.50. The summed E-state index contributed by atoms with van der Waals surface area (Å²) in [6.07, 6.45) is 3.90. The molecule has 1 fully saturated rings. The minimum atomic E-state index is -0.405. The molecule has 1 aliphatic heterocycles. The van der Waals surface area contributed by atoms with Gasteiger partial charge in [0.25, 0.3) is 0 Å². The molecule has 0 bridgehead atoms. The third-order valence-electron chi connectivity index (χ3n) is 3.58. The van der Waals surface area contributed by atoms with E-state index in [0.717, 1.165) is 0 Å². The lowest BCUT2D eigenvalue weighted by Crippen LogP contribution is -2.45. The van der Waals surface area contributed by atoms with Gasteiger partial charge in [-0.1, -0.05) is 20.8 Å². The number of hydrogen-bond donors (Lipinski definition) is 1. The van der Waals surface area contributed by atoms with Crippen LogP contribution >= 0.6 is 11.8 Å². The molecule has 1 aromatic rings. The van der Waals surface area contributed by atoms with Gasteiger partial charge in [0.2, 0.25) is 11.8 Å². The molecule has 2 rings (SSSR count). The second-order valence-corrected chi connectivity index (χ2v) is 8.41. The summed E-state index contributed by atoms with van der Waals surface area (Å²) >= 11 is 1.62. The topological polar surface area (TPSA) is 67.2 Å². The lowest BCUT2D eigenvalue weighted by atomic mass is 9.91. The zero-order chi connectivity index (χ0) is 17.2. The van der Waals surface area contributed by atoms with Crippen molar-refractivity contribution in [3.63, 3.8) is 0 Å². The molecule has 23 heavy (non-hydrogen) atoms. The van der Waals surface area contributed by atoms with Crippen LogP contribution in [0.1, 0.15) is 47.1 Å². The molecule has 2 heterocycles. The van der Waals surface area contributed by atoms with Crippen LogP contribution in [0.3, 0.4) is 0 Å². The monoisotopic (exact) mass is 338 g/mol. The smallest absolute Gasteiger partial charge is 0.248 e. The molecule has 1 aliphatic rings. The van der Waals surface area contributed by atoms with Gasteiger partial charge in [0.05, 0.1) is 17.8 Å². The van der Waals surface area contributed by atoms with E-state index in [9.17, 15) is 9.59 Å². The average Bonchev–Trinajstić information content (AvgIpc) is 3.04. The summed E-state index contributed by atoms with van der Waals surface area (Å²) in [5.74, 6) is 1.12. The number of hydrogen-bond acceptors (Lipinski definition) is 4. The first kappa shape index (κ1) is 17.8. The number of carbonyl (C=O) groups excluding carboxylic acids is 2. The van der Waals surface area contributed by atoms with E-state index >= 15 is 0 Å². The molecule has 1 saturated heterocycles. The van der Waals surface area contributed by atoms with E-state index in [-0.39, 0.29) is 23.3 Å². The predicted molar refractivity (Wildman–Crippen MR) is 93.3 cm³/mol. The molecule has 0 saturated carbocycles. The molecule has 0 spiro atoms. The van der Waals surface area contributed by atoms with E-state index in [1.807, 2.05) is 40.8 Å². The molecule has 2 amide bonds. The number of anilines is 1. The number of aromatic nitrogens is 2. The number of carbonyl (C=O) groups is 2. The van der Waals surface area contributed by atoms with Crippen LogP contribution in [-0.4, -0.2) is 44.2 Å². The number of thioether (sulfide) groups is 1. The Kier molecular flexibility index (Phi) is 5.39. The van der Waals surface area contributed by atoms with Crippen LogP contribution in [0.15, 0.2) is 12.4 Å². The van der Waals surface area contributed by atoms with Crippen LogP contribution < -0.4 is 5.32 Å². The summed E-state index contributed by atoms with van der Waals surface area (Å²) in [4.78, 5) is 26.6. The van der Waals surface area contributed by atoms with Crippen molar-refractivity contribution in [1.82, 2.24) is 14.7 Å². The standard InChI is InChI=1S/C16H26N4O2S/c1-11(2)20-8-12(7-17-20)18-15(22)13-9-23-10-19(13)14(21)6-16(3,4)5/h7-8,11,13H,6,9-10H2,1-5H3,(H,18,22)/t13-/m1/s1. The van der Waals surface area contributed by atoms with Crippen LogP contribution in [0.25, 0.3) is 0 Å². The zero-order valence-corrected chi connectivity index (χ0v) is 15.3. The molecule has 1 N–H and O–H groups in total. The van der Waals surface area contributed by atoms with Gasteiger partial charge < -0.3 is 10.2 Å². The second kappa shape index (κ2) is 6.95. The Labute approximate surface area is 142 Å². The van der Waals surface area contributed by atoms with Gasteiger partial charge in [-0.05, 0) is 19.3 Å². The van der Waals surface area contributed by atoms with E-state index in [0.29, 0.717) is 23.7 Å². The van der Waals surface area contributed by atoms with Crippen molar-refractivity contribution in [3.05, 3.63) is 12.4 Å². The first-order chi connectivity index (χ1) is 10.7. The van der Waals surface area contributed by atoms with Crippen molar-refractivity contribution in [1.29, 1.82) is 0 Å².